The lowest BCUT2D eigenvalue weighted by Crippen LogP contribution is -2.30. The maximum atomic E-state index is 13.0. The van der Waals surface area contributed by atoms with Gasteiger partial charge in [-0.15, -0.1) is 0 Å². The van der Waals surface area contributed by atoms with Crippen LogP contribution >= 0.6 is 11.8 Å². The van der Waals surface area contributed by atoms with Crippen LogP contribution in [0.2, 0.25) is 0 Å². The highest BCUT2D eigenvalue weighted by atomic mass is 32.2. The summed E-state index contributed by atoms with van der Waals surface area (Å²) in [6, 6.07) is 16.5. The molecule has 0 unspecified atom stereocenters. The minimum atomic E-state index is -3.59. The Morgan fingerprint density at radius 3 is 2.49 bits per heavy atom. The molecule has 184 valence electrons. The predicted molar refractivity (Wildman–Crippen MR) is 138 cm³/mol. The predicted octanol–water partition coefficient (Wildman–Crippen LogP) is 4.96. The molecule has 0 fully saturated rings. The molecule has 0 aliphatic rings. The maximum Gasteiger partial charge on any atom is 0.243 e. The molecule has 0 spiro atoms. The third-order valence-corrected chi connectivity index (χ3v) is 8.66. The van der Waals surface area contributed by atoms with Gasteiger partial charge in [-0.3, -0.25) is 4.79 Å². The van der Waals surface area contributed by atoms with Crippen LogP contribution in [0.1, 0.15) is 32.1 Å². The van der Waals surface area contributed by atoms with Crippen LogP contribution in [0.25, 0.3) is 11.0 Å². The summed E-state index contributed by atoms with van der Waals surface area (Å²) in [5, 5.41) is 3.53. The van der Waals surface area contributed by atoms with Gasteiger partial charge in [-0.1, -0.05) is 37.7 Å². The molecular formula is C25H28N4O4S2. The van der Waals surface area contributed by atoms with E-state index in [2.05, 4.69) is 5.32 Å². The minimum Gasteiger partial charge on any atom is -0.467 e. The summed E-state index contributed by atoms with van der Waals surface area (Å²) < 4.78 is 35.1. The fourth-order valence-electron chi connectivity index (χ4n) is 3.82. The summed E-state index contributed by atoms with van der Waals surface area (Å²) in [6.45, 7) is 6.43. The van der Waals surface area contributed by atoms with E-state index in [1.807, 2.05) is 60.9 Å². The summed E-state index contributed by atoms with van der Waals surface area (Å²) in [6.07, 6.45) is 1.63. The Hall–Kier alpha value is -3.08. The van der Waals surface area contributed by atoms with Gasteiger partial charge in [-0.2, -0.15) is 4.31 Å². The van der Waals surface area contributed by atoms with Crippen LogP contribution in [0.15, 0.2) is 75.3 Å². The number of sulfonamides is 1. The van der Waals surface area contributed by atoms with Crippen molar-refractivity contribution in [3.05, 3.63) is 72.2 Å². The number of anilines is 1. The standard InChI is InChI=1S/C25H28N4O4S2/c1-4-28(5-2)35(31,32)22-12-13-24-23(15-22)27-25(29(24)16-21-7-6-14-33-21)34-17-19-8-10-20(11-9-19)26-18(3)30/h6-15H,4-5,16-17H2,1-3H3,(H,26,30). The van der Waals surface area contributed by atoms with Gasteiger partial charge in [0.15, 0.2) is 5.16 Å². The van der Waals surface area contributed by atoms with E-state index in [-0.39, 0.29) is 10.8 Å². The van der Waals surface area contributed by atoms with Crippen LogP contribution in [-0.4, -0.2) is 41.3 Å². The molecule has 0 saturated heterocycles. The zero-order valence-electron chi connectivity index (χ0n) is 19.9. The van der Waals surface area contributed by atoms with E-state index in [0.29, 0.717) is 30.9 Å². The summed E-state index contributed by atoms with van der Waals surface area (Å²) in [5.41, 5.74) is 3.28. The number of fused-ring (bicyclic) bond motifs is 1. The first-order valence-electron chi connectivity index (χ1n) is 11.3. The number of nitrogens with zero attached hydrogens (tertiary/aromatic N) is 3. The van der Waals surface area contributed by atoms with Crippen molar-refractivity contribution >= 4 is 44.4 Å². The molecule has 10 heteroatoms. The second-order valence-corrected chi connectivity index (χ2v) is 10.8. The number of benzene rings is 2. The van der Waals surface area contributed by atoms with Gasteiger partial charge in [0, 0.05) is 31.5 Å². The van der Waals surface area contributed by atoms with Crippen molar-refractivity contribution in [1.29, 1.82) is 0 Å². The second-order valence-electron chi connectivity index (χ2n) is 7.97. The van der Waals surface area contributed by atoms with Crippen LogP contribution in [0.3, 0.4) is 0 Å². The van der Waals surface area contributed by atoms with E-state index < -0.39 is 10.0 Å². The van der Waals surface area contributed by atoms with E-state index in [9.17, 15) is 13.2 Å². The van der Waals surface area contributed by atoms with Crippen molar-refractivity contribution in [3.63, 3.8) is 0 Å². The largest absolute Gasteiger partial charge is 0.467 e. The number of aromatic nitrogens is 2. The number of nitrogens with one attached hydrogen (secondary N) is 1. The number of thioether (sulfide) groups is 1. The lowest BCUT2D eigenvalue weighted by Gasteiger charge is -2.18. The smallest absolute Gasteiger partial charge is 0.243 e. The first-order chi connectivity index (χ1) is 16.8. The Balaban J connectivity index is 1.66. The van der Waals surface area contributed by atoms with Crippen LogP contribution in [0.4, 0.5) is 5.69 Å². The third kappa shape index (κ3) is 5.61. The number of hydrogen-bond acceptors (Lipinski definition) is 6. The number of furan rings is 1. The number of carbonyl (C=O) groups excluding carboxylic acids is 1. The fourth-order valence-corrected chi connectivity index (χ4v) is 6.27. The summed E-state index contributed by atoms with van der Waals surface area (Å²) in [5.74, 6) is 1.33. The summed E-state index contributed by atoms with van der Waals surface area (Å²) in [4.78, 5) is 16.3. The molecule has 0 aliphatic carbocycles. The van der Waals surface area contributed by atoms with E-state index in [1.54, 1.807) is 30.2 Å². The quantitative estimate of drug-likeness (QED) is 0.302. The highest BCUT2D eigenvalue weighted by Gasteiger charge is 2.23. The molecule has 1 amide bonds. The van der Waals surface area contributed by atoms with Crippen LogP contribution in [0, 0.1) is 0 Å². The first-order valence-corrected chi connectivity index (χ1v) is 13.8. The van der Waals surface area contributed by atoms with Crippen LogP contribution in [0.5, 0.6) is 0 Å². The van der Waals surface area contributed by atoms with Crippen molar-refractivity contribution in [2.24, 2.45) is 0 Å². The van der Waals surface area contributed by atoms with Gasteiger partial charge in [0.1, 0.15) is 5.76 Å². The monoisotopic (exact) mass is 512 g/mol. The maximum absolute atomic E-state index is 13.0. The SMILES string of the molecule is CCN(CC)S(=O)(=O)c1ccc2c(c1)nc(SCc1ccc(NC(C)=O)cc1)n2Cc1ccco1. The Labute approximate surface area is 209 Å². The summed E-state index contributed by atoms with van der Waals surface area (Å²) in [7, 11) is -3.59. The number of carbonyl (C=O) groups is 1. The molecule has 4 rings (SSSR count). The average molecular weight is 513 g/mol. The average Bonchev–Trinajstić information content (AvgIpc) is 3.47. The number of amides is 1. The van der Waals surface area contributed by atoms with E-state index >= 15 is 0 Å². The molecule has 2 heterocycles. The first kappa shape index (κ1) is 25.0. The molecule has 4 aromatic rings. The summed E-state index contributed by atoms with van der Waals surface area (Å²) >= 11 is 1.56. The number of hydrogen-bond donors (Lipinski definition) is 1. The second kappa shape index (κ2) is 10.7. The lowest BCUT2D eigenvalue weighted by molar-refractivity contribution is -0.114. The van der Waals surface area contributed by atoms with Gasteiger partial charge in [0.05, 0.1) is 28.7 Å². The molecular weight excluding hydrogens is 484 g/mol. The fraction of sp³-hybridized carbons (Fsp3) is 0.280. The molecule has 0 radical (unpaired) electrons. The zero-order chi connectivity index (χ0) is 25.0. The molecule has 2 aromatic carbocycles. The molecule has 0 aliphatic heterocycles. The normalized spacial score (nSPS) is 11.9. The lowest BCUT2D eigenvalue weighted by atomic mass is 10.2. The van der Waals surface area contributed by atoms with E-state index in [1.165, 1.54) is 11.2 Å². The van der Waals surface area contributed by atoms with Gasteiger partial charge in [-0.25, -0.2) is 13.4 Å². The van der Waals surface area contributed by atoms with E-state index in [4.69, 9.17) is 9.40 Å². The van der Waals surface area contributed by atoms with Gasteiger partial charge in [-0.05, 0) is 48.0 Å². The third-order valence-electron chi connectivity index (χ3n) is 5.56. The molecule has 0 saturated carbocycles. The van der Waals surface area contributed by atoms with Gasteiger partial charge >= 0.3 is 0 Å². The molecule has 8 nitrogen and oxygen atoms in total. The zero-order valence-corrected chi connectivity index (χ0v) is 21.5. The minimum absolute atomic E-state index is 0.110. The molecule has 1 N–H and O–H groups in total. The highest BCUT2D eigenvalue weighted by Crippen LogP contribution is 2.30. The number of imidazole rings is 1. The molecule has 0 atom stereocenters. The topological polar surface area (TPSA) is 97.4 Å². The van der Waals surface area contributed by atoms with Gasteiger partial charge < -0.3 is 14.3 Å². The molecule has 0 bridgehead atoms. The van der Waals surface area contributed by atoms with Crippen molar-refractivity contribution in [1.82, 2.24) is 13.9 Å². The molecule has 2 aromatic heterocycles. The van der Waals surface area contributed by atoms with Crippen LogP contribution < -0.4 is 5.32 Å². The van der Waals surface area contributed by atoms with Crippen molar-refractivity contribution in [2.45, 2.75) is 43.1 Å². The highest BCUT2D eigenvalue weighted by molar-refractivity contribution is 7.98. The van der Waals surface area contributed by atoms with Gasteiger partial charge in [0.25, 0.3) is 0 Å². The van der Waals surface area contributed by atoms with E-state index in [0.717, 1.165) is 27.7 Å². The Kier molecular flexibility index (Phi) is 7.63. The number of rotatable bonds is 10. The van der Waals surface area contributed by atoms with Crippen molar-refractivity contribution in [2.75, 3.05) is 18.4 Å². The van der Waals surface area contributed by atoms with Crippen LogP contribution in [-0.2, 0) is 27.1 Å². The van der Waals surface area contributed by atoms with Gasteiger partial charge in [0.2, 0.25) is 15.9 Å². The molecule has 35 heavy (non-hydrogen) atoms. The Bertz CT molecular complexity index is 1410. The van der Waals surface area contributed by atoms with Crippen molar-refractivity contribution in [3.8, 4) is 0 Å². The Morgan fingerprint density at radius 1 is 1.11 bits per heavy atom. The van der Waals surface area contributed by atoms with Crippen molar-refractivity contribution < 1.29 is 17.6 Å². The Morgan fingerprint density at radius 2 is 1.86 bits per heavy atom.